The van der Waals surface area contributed by atoms with Crippen LogP contribution in [0.15, 0.2) is 36.4 Å². The van der Waals surface area contributed by atoms with E-state index in [0.717, 1.165) is 0 Å². The Morgan fingerprint density at radius 1 is 1.15 bits per heavy atom. The SMILES string of the molecule is CC1(O)NC(=O)c2ccccc21.O=C(O)C=CC(=O)O. The number of hydrogen-bond donors (Lipinski definition) is 4. The molecule has 2 rings (SSSR count). The third-order valence-electron chi connectivity index (χ3n) is 2.42. The Hall–Kier alpha value is -2.67. The maximum atomic E-state index is 11.2. The van der Waals surface area contributed by atoms with Crippen LogP contribution >= 0.6 is 0 Å². The summed E-state index contributed by atoms with van der Waals surface area (Å²) < 4.78 is 0. The molecule has 1 atom stereocenters. The van der Waals surface area contributed by atoms with Crippen LogP contribution in [0.2, 0.25) is 0 Å². The highest BCUT2D eigenvalue weighted by atomic mass is 16.4. The lowest BCUT2D eigenvalue weighted by Gasteiger charge is -2.16. The number of nitrogens with one attached hydrogen (secondary N) is 1. The van der Waals surface area contributed by atoms with E-state index in [9.17, 15) is 19.5 Å². The summed E-state index contributed by atoms with van der Waals surface area (Å²) in [6, 6.07) is 7.02. The number of carbonyl (C=O) groups is 3. The second-order valence-electron chi connectivity index (χ2n) is 4.08. The highest BCUT2D eigenvalue weighted by molar-refractivity contribution is 5.99. The van der Waals surface area contributed by atoms with Crippen molar-refractivity contribution in [3.05, 3.63) is 47.5 Å². The molecule has 1 aliphatic heterocycles. The van der Waals surface area contributed by atoms with E-state index >= 15 is 0 Å². The third kappa shape index (κ3) is 3.92. The van der Waals surface area contributed by atoms with E-state index in [0.29, 0.717) is 23.3 Å². The molecule has 1 aromatic carbocycles. The van der Waals surface area contributed by atoms with Crippen molar-refractivity contribution in [2.45, 2.75) is 12.6 Å². The molecule has 0 aliphatic carbocycles. The predicted octanol–water partition coefficient (Wildman–Crippen LogP) is 0.307. The van der Waals surface area contributed by atoms with Gasteiger partial charge in [0.25, 0.3) is 5.91 Å². The first kappa shape index (κ1) is 15.4. The molecule has 0 radical (unpaired) electrons. The monoisotopic (exact) mass is 279 g/mol. The van der Waals surface area contributed by atoms with Gasteiger partial charge in [-0.2, -0.15) is 0 Å². The van der Waals surface area contributed by atoms with Crippen LogP contribution in [0.4, 0.5) is 0 Å². The van der Waals surface area contributed by atoms with Crippen molar-refractivity contribution in [3.8, 4) is 0 Å². The van der Waals surface area contributed by atoms with Crippen LogP contribution in [-0.4, -0.2) is 33.2 Å². The highest BCUT2D eigenvalue weighted by Crippen LogP contribution is 2.27. The molecule has 0 saturated heterocycles. The van der Waals surface area contributed by atoms with E-state index in [2.05, 4.69) is 5.32 Å². The molecule has 0 fully saturated rings. The molecule has 1 heterocycles. The number of fused-ring (bicyclic) bond motifs is 1. The van der Waals surface area contributed by atoms with Gasteiger partial charge in [0.1, 0.15) is 0 Å². The summed E-state index contributed by atoms with van der Waals surface area (Å²) in [4.78, 5) is 30.3. The maximum Gasteiger partial charge on any atom is 0.328 e. The molecule has 0 aromatic heterocycles. The molecule has 106 valence electrons. The summed E-state index contributed by atoms with van der Waals surface area (Å²) in [5.74, 6) is -2.73. The van der Waals surface area contributed by atoms with Crippen LogP contribution in [0, 0.1) is 0 Å². The Morgan fingerprint density at radius 3 is 2.10 bits per heavy atom. The van der Waals surface area contributed by atoms with Gasteiger partial charge in [-0.1, -0.05) is 18.2 Å². The van der Waals surface area contributed by atoms with Gasteiger partial charge >= 0.3 is 11.9 Å². The number of carboxylic acids is 2. The van der Waals surface area contributed by atoms with Crippen LogP contribution in [0.5, 0.6) is 0 Å². The van der Waals surface area contributed by atoms with Crippen LogP contribution in [0.1, 0.15) is 22.8 Å². The topological polar surface area (TPSA) is 124 Å². The van der Waals surface area contributed by atoms with Gasteiger partial charge in [-0.05, 0) is 13.0 Å². The molecule has 7 nitrogen and oxygen atoms in total. The fourth-order valence-corrected chi connectivity index (χ4v) is 1.60. The molecule has 0 bridgehead atoms. The molecular weight excluding hydrogens is 266 g/mol. The molecule has 20 heavy (non-hydrogen) atoms. The zero-order chi connectivity index (χ0) is 15.3. The quantitative estimate of drug-likeness (QED) is 0.577. The zero-order valence-corrected chi connectivity index (χ0v) is 10.5. The van der Waals surface area contributed by atoms with E-state index in [1.54, 1.807) is 31.2 Å². The lowest BCUT2D eigenvalue weighted by Crippen LogP contribution is -2.35. The zero-order valence-electron chi connectivity index (χ0n) is 10.5. The average molecular weight is 279 g/mol. The van der Waals surface area contributed by atoms with Gasteiger partial charge in [0, 0.05) is 23.3 Å². The normalized spacial score (nSPS) is 19.8. The molecule has 1 unspecified atom stereocenters. The van der Waals surface area contributed by atoms with Gasteiger partial charge in [-0.3, -0.25) is 4.79 Å². The third-order valence-corrected chi connectivity index (χ3v) is 2.42. The van der Waals surface area contributed by atoms with Gasteiger partial charge in [0.2, 0.25) is 0 Å². The summed E-state index contributed by atoms with van der Waals surface area (Å²) in [6.45, 7) is 1.57. The van der Waals surface area contributed by atoms with E-state index in [1.165, 1.54) is 0 Å². The van der Waals surface area contributed by atoms with Gasteiger partial charge in [-0.25, -0.2) is 9.59 Å². The van der Waals surface area contributed by atoms with Crippen molar-refractivity contribution in [1.82, 2.24) is 5.32 Å². The minimum Gasteiger partial charge on any atom is -0.478 e. The van der Waals surface area contributed by atoms with Crippen molar-refractivity contribution in [3.63, 3.8) is 0 Å². The Morgan fingerprint density at radius 2 is 1.65 bits per heavy atom. The van der Waals surface area contributed by atoms with Crippen molar-refractivity contribution >= 4 is 17.8 Å². The summed E-state index contributed by atoms with van der Waals surface area (Å²) in [7, 11) is 0. The fraction of sp³-hybridized carbons (Fsp3) is 0.154. The lowest BCUT2D eigenvalue weighted by molar-refractivity contribution is -0.134. The minimum absolute atomic E-state index is 0.212. The number of carboxylic acid groups (broad SMARTS) is 2. The molecular formula is C13H13NO6. The summed E-state index contributed by atoms with van der Waals surface area (Å²) in [6.07, 6.45) is 1.12. The Kier molecular flexibility index (Phi) is 4.60. The van der Waals surface area contributed by atoms with Crippen LogP contribution in [-0.2, 0) is 15.3 Å². The Bertz CT molecular complexity index is 560. The lowest BCUT2D eigenvalue weighted by atomic mass is 10.0. The largest absolute Gasteiger partial charge is 0.478 e. The molecule has 1 aliphatic rings. The summed E-state index contributed by atoms with van der Waals surface area (Å²) in [5.41, 5.74) is 0.00530. The first-order valence-corrected chi connectivity index (χ1v) is 5.52. The summed E-state index contributed by atoms with van der Waals surface area (Å²) in [5, 5.41) is 27.8. The number of carbonyl (C=O) groups excluding carboxylic acids is 1. The number of rotatable bonds is 2. The maximum absolute atomic E-state index is 11.2. The summed E-state index contributed by atoms with van der Waals surface area (Å²) >= 11 is 0. The van der Waals surface area contributed by atoms with Gasteiger partial charge < -0.3 is 20.6 Å². The smallest absolute Gasteiger partial charge is 0.328 e. The van der Waals surface area contributed by atoms with Crippen molar-refractivity contribution in [2.75, 3.05) is 0 Å². The molecule has 4 N–H and O–H groups in total. The van der Waals surface area contributed by atoms with E-state index in [1.807, 2.05) is 0 Å². The molecule has 7 heteroatoms. The minimum atomic E-state index is -1.26. The average Bonchev–Trinajstić information content (AvgIpc) is 2.59. The first-order valence-electron chi connectivity index (χ1n) is 5.52. The fourth-order valence-electron chi connectivity index (χ4n) is 1.60. The number of aliphatic carboxylic acids is 2. The number of benzene rings is 1. The molecule has 1 aromatic rings. The Balaban J connectivity index is 0.000000221. The standard InChI is InChI=1S/C9H9NO2.C4H4O4/c1-9(12)7-5-3-2-4-6(7)8(11)10-9;5-3(6)1-2-4(7)8/h2-5,12H,1H3,(H,10,11);1-2H,(H,5,6)(H,7,8). The van der Waals surface area contributed by atoms with Crippen LogP contribution in [0.3, 0.4) is 0 Å². The molecule has 0 saturated carbocycles. The Labute approximate surface area is 114 Å². The van der Waals surface area contributed by atoms with E-state index in [-0.39, 0.29) is 5.91 Å². The van der Waals surface area contributed by atoms with Crippen molar-refractivity contribution in [1.29, 1.82) is 0 Å². The van der Waals surface area contributed by atoms with E-state index < -0.39 is 17.7 Å². The number of aliphatic hydroxyl groups is 1. The second kappa shape index (κ2) is 5.98. The van der Waals surface area contributed by atoms with E-state index in [4.69, 9.17) is 10.2 Å². The van der Waals surface area contributed by atoms with Gasteiger partial charge in [-0.15, -0.1) is 0 Å². The van der Waals surface area contributed by atoms with Crippen molar-refractivity contribution < 1.29 is 29.7 Å². The molecule has 0 spiro atoms. The number of amides is 1. The van der Waals surface area contributed by atoms with Crippen LogP contribution in [0.25, 0.3) is 0 Å². The predicted molar refractivity (Wildman–Crippen MR) is 67.9 cm³/mol. The van der Waals surface area contributed by atoms with Crippen LogP contribution < -0.4 is 5.32 Å². The first-order chi connectivity index (χ1) is 9.24. The van der Waals surface area contributed by atoms with Gasteiger partial charge in [0.15, 0.2) is 5.72 Å². The highest BCUT2D eigenvalue weighted by Gasteiger charge is 2.36. The van der Waals surface area contributed by atoms with Crippen molar-refractivity contribution in [2.24, 2.45) is 0 Å². The second-order valence-corrected chi connectivity index (χ2v) is 4.08. The van der Waals surface area contributed by atoms with Gasteiger partial charge in [0.05, 0.1) is 0 Å². The molecule has 1 amide bonds. The number of hydrogen-bond acceptors (Lipinski definition) is 4.